The number of carbonyl (C=O) groups is 1. The maximum atomic E-state index is 13.3. The van der Waals surface area contributed by atoms with Gasteiger partial charge in [-0.05, 0) is 36.1 Å². The third kappa shape index (κ3) is 2.48. The number of halogens is 1. The van der Waals surface area contributed by atoms with Crippen LogP contribution in [0.1, 0.15) is 30.4 Å². The fourth-order valence-electron chi connectivity index (χ4n) is 4.58. The third-order valence-corrected chi connectivity index (χ3v) is 6.38. The molecule has 27 heavy (non-hydrogen) atoms. The number of aromatic nitrogens is 2. The van der Waals surface area contributed by atoms with Gasteiger partial charge in [0.15, 0.2) is 0 Å². The van der Waals surface area contributed by atoms with E-state index >= 15 is 0 Å². The normalized spacial score (nSPS) is 20.6. The van der Waals surface area contributed by atoms with Crippen LogP contribution < -0.4 is 0 Å². The van der Waals surface area contributed by atoms with Crippen LogP contribution in [0.2, 0.25) is 0 Å². The van der Waals surface area contributed by atoms with Crippen molar-refractivity contribution in [3.8, 4) is 11.4 Å². The maximum absolute atomic E-state index is 13.3. The van der Waals surface area contributed by atoms with Gasteiger partial charge in [0, 0.05) is 35.5 Å². The molecule has 136 valence electrons. The molecule has 2 aromatic carbocycles. The van der Waals surface area contributed by atoms with E-state index in [1.54, 1.807) is 0 Å². The molecule has 0 N–H and O–H groups in total. The SMILES string of the molecule is O=C(CC1(c2ccc(Br)cc2)c2ccccc2-c2nccn21)N1CCCC1. The molecule has 2 aliphatic heterocycles. The quantitative estimate of drug-likeness (QED) is 0.627. The molecule has 0 radical (unpaired) electrons. The lowest BCUT2D eigenvalue weighted by Gasteiger charge is -2.34. The van der Waals surface area contributed by atoms with Crippen molar-refractivity contribution in [3.05, 3.63) is 76.5 Å². The first kappa shape index (κ1) is 16.8. The number of hydrogen-bond acceptors (Lipinski definition) is 2. The molecule has 5 heteroatoms. The summed E-state index contributed by atoms with van der Waals surface area (Å²) in [7, 11) is 0. The molecule has 1 atom stereocenters. The lowest BCUT2D eigenvalue weighted by molar-refractivity contribution is -0.131. The first-order chi connectivity index (χ1) is 13.2. The summed E-state index contributed by atoms with van der Waals surface area (Å²) in [6.45, 7) is 1.74. The van der Waals surface area contributed by atoms with Crippen molar-refractivity contribution in [2.24, 2.45) is 0 Å². The zero-order valence-electron chi connectivity index (χ0n) is 14.9. The van der Waals surface area contributed by atoms with Crippen LogP contribution in [0, 0.1) is 0 Å². The fourth-order valence-corrected chi connectivity index (χ4v) is 4.84. The molecule has 3 heterocycles. The minimum absolute atomic E-state index is 0.215. The largest absolute Gasteiger partial charge is 0.343 e. The first-order valence-corrected chi connectivity index (χ1v) is 10.2. The van der Waals surface area contributed by atoms with Crippen molar-refractivity contribution >= 4 is 21.8 Å². The summed E-state index contributed by atoms with van der Waals surface area (Å²) in [5.74, 6) is 1.15. The van der Waals surface area contributed by atoms with E-state index < -0.39 is 5.54 Å². The van der Waals surface area contributed by atoms with Crippen LogP contribution >= 0.6 is 15.9 Å². The Morgan fingerprint density at radius 3 is 2.59 bits per heavy atom. The van der Waals surface area contributed by atoms with E-state index in [9.17, 15) is 4.79 Å². The minimum Gasteiger partial charge on any atom is -0.343 e. The van der Waals surface area contributed by atoms with Crippen molar-refractivity contribution in [1.82, 2.24) is 14.5 Å². The van der Waals surface area contributed by atoms with Crippen molar-refractivity contribution in [2.75, 3.05) is 13.1 Å². The van der Waals surface area contributed by atoms with Gasteiger partial charge in [0.2, 0.25) is 5.91 Å². The van der Waals surface area contributed by atoms with E-state index in [2.05, 4.69) is 67.9 Å². The predicted molar refractivity (Wildman–Crippen MR) is 108 cm³/mol. The highest BCUT2D eigenvalue weighted by atomic mass is 79.9. The van der Waals surface area contributed by atoms with E-state index in [0.29, 0.717) is 6.42 Å². The topological polar surface area (TPSA) is 38.1 Å². The number of benzene rings is 2. The van der Waals surface area contributed by atoms with Crippen LogP contribution in [0.3, 0.4) is 0 Å². The van der Waals surface area contributed by atoms with Gasteiger partial charge in [-0.1, -0.05) is 52.3 Å². The zero-order valence-corrected chi connectivity index (χ0v) is 16.5. The second kappa shape index (κ2) is 6.34. The van der Waals surface area contributed by atoms with Crippen molar-refractivity contribution in [2.45, 2.75) is 24.8 Å². The second-order valence-corrected chi connectivity index (χ2v) is 8.21. The molecule has 5 rings (SSSR count). The summed E-state index contributed by atoms with van der Waals surface area (Å²) in [6, 6.07) is 16.7. The molecule has 0 bridgehead atoms. The van der Waals surface area contributed by atoms with E-state index in [4.69, 9.17) is 0 Å². The molecular formula is C22H20BrN3O. The molecule has 1 unspecified atom stereocenters. The van der Waals surface area contributed by atoms with Crippen molar-refractivity contribution < 1.29 is 4.79 Å². The van der Waals surface area contributed by atoms with Gasteiger partial charge >= 0.3 is 0 Å². The predicted octanol–water partition coefficient (Wildman–Crippen LogP) is 4.43. The molecule has 0 spiro atoms. The molecule has 2 aliphatic rings. The highest BCUT2D eigenvalue weighted by Gasteiger charge is 2.47. The van der Waals surface area contributed by atoms with E-state index in [-0.39, 0.29) is 5.91 Å². The molecule has 3 aromatic rings. The maximum Gasteiger partial charge on any atom is 0.225 e. The van der Waals surface area contributed by atoms with Gasteiger partial charge in [0.1, 0.15) is 11.4 Å². The average Bonchev–Trinajstić information content (AvgIpc) is 3.42. The summed E-state index contributed by atoms with van der Waals surface area (Å²) >= 11 is 3.54. The standard InChI is InChI=1S/C22H20BrN3O/c23-17-9-7-16(8-10-17)22(15-20(27)25-12-3-4-13-25)19-6-2-1-5-18(19)21-24-11-14-26(21)22/h1-2,5-11,14H,3-4,12-13,15H2. The Morgan fingerprint density at radius 1 is 1.07 bits per heavy atom. The number of fused-ring (bicyclic) bond motifs is 3. The smallest absolute Gasteiger partial charge is 0.225 e. The first-order valence-electron chi connectivity index (χ1n) is 9.38. The average molecular weight is 422 g/mol. The Kier molecular flexibility index (Phi) is 3.93. The molecule has 4 nitrogen and oxygen atoms in total. The van der Waals surface area contributed by atoms with Gasteiger partial charge in [-0.2, -0.15) is 0 Å². The summed E-state index contributed by atoms with van der Waals surface area (Å²) in [5, 5.41) is 0. The highest BCUT2D eigenvalue weighted by Crippen LogP contribution is 2.49. The lowest BCUT2D eigenvalue weighted by Crippen LogP contribution is -2.40. The number of hydrogen-bond donors (Lipinski definition) is 0. The monoisotopic (exact) mass is 421 g/mol. The summed E-state index contributed by atoms with van der Waals surface area (Å²) in [4.78, 5) is 19.9. The van der Waals surface area contributed by atoms with Gasteiger partial charge in [0.05, 0.1) is 6.42 Å². The molecular weight excluding hydrogens is 402 g/mol. The van der Waals surface area contributed by atoms with Gasteiger partial charge < -0.3 is 9.47 Å². The number of imidazole rings is 1. The van der Waals surface area contributed by atoms with Gasteiger partial charge in [0.25, 0.3) is 0 Å². The molecule has 1 saturated heterocycles. The van der Waals surface area contributed by atoms with Crippen molar-refractivity contribution in [1.29, 1.82) is 0 Å². The number of nitrogens with zero attached hydrogens (tertiary/aromatic N) is 3. The number of amides is 1. The molecule has 1 fully saturated rings. The van der Waals surface area contributed by atoms with Crippen LogP contribution in [0.15, 0.2) is 65.4 Å². The number of carbonyl (C=O) groups excluding carboxylic acids is 1. The summed E-state index contributed by atoms with van der Waals surface area (Å²) < 4.78 is 3.22. The Hall–Kier alpha value is -2.40. The molecule has 0 saturated carbocycles. The van der Waals surface area contributed by atoms with E-state index in [1.165, 1.54) is 0 Å². The summed E-state index contributed by atoms with van der Waals surface area (Å²) in [6.07, 6.45) is 6.46. The lowest BCUT2D eigenvalue weighted by atomic mass is 9.79. The zero-order chi connectivity index (χ0) is 18.4. The van der Waals surface area contributed by atoms with Crippen LogP contribution in [-0.4, -0.2) is 33.4 Å². The highest BCUT2D eigenvalue weighted by molar-refractivity contribution is 9.10. The Bertz CT molecular complexity index is 1000. The van der Waals surface area contributed by atoms with Gasteiger partial charge in [-0.15, -0.1) is 0 Å². The Balaban J connectivity index is 1.72. The third-order valence-electron chi connectivity index (χ3n) is 5.85. The van der Waals surface area contributed by atoms with Crippen LogP contribution in [0.5, 0.6) is 0 Å². The Morgan fingerprint density at radius 2 is 1.81 bits per heavy atom. The van der Waals surface area contributed by atoms with Gasteiger partial charge in [-0.3, -0.25) is 4.79 Å². The van der Waals surface area contributed by atoms with E-state index in [0.717, 1.165) is 52.9 Å². The Labute approximate surface area is 167 Å². The molecule has 1 amide bonds. The van der Waals surface area contributed by atoms with E-state index in [1.807, 2.05) is 23.4 Å². The second-order valence-electron chi connectivity index (χ2n) is 7.30. The van der Waals surface area contributed by atoms with Crippen LogP contribution in [-0.2, 0) is 10.3 Å². The molecule has 0 aliphatic carbocycles. The van der Waals surface area contributed by atoms with Crippen LogP contribution in [0.4, 0.5) is 0 Å². The van der Waals surface area contributed by atoms with Gasteiger partial charge in [-0.25, -0.2) is 4.98 Å². The number of rotatable bonds is 3. The van der Waals surface area contributed by atoms with Crippen LogP contribution in [0.25, 0.3) is 11.4 Å². The molecule has 1 aromatic heterocycles. The van der Waals surface area contributed by atoms with Crippen molar-refractivity contribution in [3.63, 3.8) is 0 Å². The summed E-state index contributed by atoms with van der Waals surface area (Å²) in [5.41, 5.74) is 2.83. The number of likely N-dealkylation sites (tertiary alicyclic amines) is 1. The fraction of sp³-hybridized carbons (Fsp3) is 0.273. The minimum atomic E-state index is -0.553.